The quantitative estimate of drug-likeness (QED) is 0.519. The molecule has 1 heterocycles. The molecule has 29 heavy (non-hydrogen) atoms. The van der Waals surface area contributed by atoms with Crippen molar-refractivity contribution in [3.05, 3.63) is 57.4 Å². The van der Waals surface area contributed by atoms with Gasteiger partial charge in [-0.2, -0.15) is 0 Å². The molecule has 3 rings (SSSR count). The van der Waals surface area contributed by atoms with E-state index in [9.17, 15) is 9.59 Å². The third-order valence-corrected chi connectivity index (χ3v) is 5.87. The summed E-state index contributed by atoms with van der Waals surface area (Å²) in [4.78, 5) is 25.3. The Morgan fingerprint density at radius 3 is 2.48 bits per heavy atom. The summed E-state index contributed by atoms with van der Waals surface area (Å²) in [5.74, 6) is -0.159. The molecule has 0 aliphatic rings. The van der Waals surface area contributed by atoms with E-state index in [1.807, 2.05) is 26.8 Å². The lowest BCUT2D eigenvalue weighted by molar-refractivity contribution is -0.118. The first-order chi connectivity index (χ1) is 13.7. The average molecular weight is 451 g/mol. The van der Waals surface area contributed by atoms with Gasteiger partial charge in [-0.15, -0.1) is 11.3 Å². The summed E-state index contributed by atoms with van der Waals surface area (Å²) < 4.78 is 6.20. The highest BCUT2D eigenvalue weighted by Crippen LogP contribution is 2.39. The summed E-state index contributed by atoms with van der Waals surface area (Å²) in [6, 6.07) is 12.3. The molecule has 3 aromatic rings. The van der Waals surface area contributed by atoms with Crippen LogP contribution < -0.4 is 15.4 Å². The van der Waals surface area contributed by atoms with Gasteiger partial charge in [0, 0.05) is 10.9 Å². The van der Waals surface area contributed by atoms with Gasteiger partial charge in [-0.05, 0) is 39.0 Å². The molecule has 0 aliphatic carbocycles. The van der Waals surface area contributed by atoms with Gasteiger partial charge in [0.25, 0.3) is 11.8 Å². The van der Waals surface area contributed by atoms with Gasteiger partial charge in [-0.3, -0.25) is 9.59 Å². The number of carbonyl (C=O) groups excluding carboxylic acids is 2. The van der Waals surface area contributed by atoms with E-state index in [2.05, 4.69) is 10.6 Å². The normalized spacial score (nSPS) is 11.3. The fraction of sp³-hybridized carbons (Fsp3) is 0.238. The Morgan fingerprint density at radius 2 is 1.79 bits per heavy atom. The first kappa shape index (κ1) is 21.4. The Balaban J connectivity index is 1.79. The van der Waals surface area contributed by atoms with E-state index in [1.165, 1.54) is 11.3 Å². The van der Waals surface area contributed by atoms with Crippen molar-refractivity contribution in [2.75, 3.05) is 11.9 Å². The zero-order valence-corrected chi connectivity index (χ0v) is 18.5. The molecule has 0 bridgehead atoms. The topological polar surface area (TPSA) is 67.4 Å². The van der Waals surface area contributed by atoms with E-state index in [-0.39, 0.29) is 24.0 Å². The van der Waals surface area contributed by atoms with Crippen LogP contribution in [0.5, 0.6) is 5.75 Å². The Labute approximate surface area is 183 Å². The van der Waals surface area contributed by atoms with Crippen LogP contribution in [0.15, 0.2) is 42.5 Å². The minimum absolute atomic E-state index is 0.198. The summed E-state index contributed by atoms with van der Waals surface area (Å²) in [5, 5.41) is 7.24. The highest BCUT2D eigenvalue weighted by Gasteiger charge is 2.22. The van der Waals surface area contributed by atoms with E-state index >= 15 is 0 Å². The molecule has 152 valence electrons. The number of fused-ring (bicyclic) bond motifs is 1. The highest BCUT2D eigenvalue weighted by molar-refractivity contribution is 7.22. The number of ether oxygens (including phenoxy) is 1. The molecular formula is C21H20Cl2N2O3S. The number of para-hydroxylation sites is 1. The van der Waals surface area contributed by atoms with Gasteiger partial charge in [0.15, 0.2) is 6.61 Å². The predicted octanol–water partition coefficient (Wildman–Crippen LogP) is 5.75. The van der Waals surface area contributed by atoms with Crippen molar-refractivity contribution in [3.8, 4) is 5.75 Å². The second kappa shape index (κ2) is 8.61. The summed E-state index contributed by atoms with van der Waals surface area (Å²) in [6.07, 6.45) is 0. The molecule has 8 heteroatoms. The van der Waals surface area contributed by atoms with E-state index in [4.69, 9.17) is 27.9 Å². The van der Waals surface area contributed by atoms with Gasteiger partial charge in [-0.25, -0.2) is 0 Å². The van der Waals surface area contributed by atoms with E-state index in [1.54, 1.807) is 36.4 Å². The minimum atomic E-state index is -0.385. The van der Waals surface area contributed by atoms with Crippen LogP contribution in [0.3, 0.4) is 0 Å². The number of anilines is 1. The number of carbonyl (C=O) groups is 2. The number of benzene rings is 2. The van der Waals surface area contributed by atoms with Crippen molar-refractivity contribution < 1.29 is 14.3 Å². The Hall–Kier alpha value is -2.28. The number of nitrogens with one attached hydrogen (secondary N) is 2. The summed E-state index contributed by atoms with van der Waals surface area (Å²) >= 11 is 13.7. The van der Waals surface area contributed by atoms with Crippen molar-refractivity contribution in [2.45, 2.75) is 26.3 Å². The third kappa shape index (κ3) is 5.21. The van der Waals surface area contributed by atoms with Gasteiger partial charge in [0.05, 0.1) is 20.4 Å². The molecule has 0 saturated heterocycles. The Kier molecular flexibility index (Phi) is 6.36. The molecule has 0 saturated carbocycles. The van der Waals surface area contributed by atoms with Crippen LogP contribution in [0.1, 0.15) is 30.4 Å². The van der Waals surface area contributed by atoms with Crippen LogP contribution in [0.2, 0.25) is 10.0 Å². The number of hydrogen-bond donors (Lipinski definition) is 2. The van der Waals surface area contributed by atoms with Gasteiger partial charge in [0.1, 0.15) is 10.6 Å². The lowest BCUT2D eigenvalue weighted by Gasteiger charge is -2.19. The number of rotatable bonds is 5. The van der Waals surface area contributed by atoms with Gasteiger partial charge in [-0.1, -0.05) is 47.5 Å². The monoisotopic (exact) mass is 450 g/mol. The third-order valence-electron chi connectivity index (χ3n) is 3.82. The fourth-order valence-electron chi connectivity index (χ4n) is 2.62. The first-order valence-corrected chi connectivity index (χ1v) is 10.4. The summed E-state index contributed by atoms with van der Waals surface area (Å²) in [5.41, 5.74) is 0.181. The molecule has 2 N–H and O–H groups in total. The van der Waals surface area contributed by atoms with E-state index < -0.39 is 0 Å². The number of thiophene rings is 1. The molecule has 5 nitrogen and oxygen atoms in total. The van der Waals surface area contributed by atoms with Crippen molar-refractivity contribution in [3.63, 3.8) is 0 Å². The van der Waals surface area contributed by atoms with Gasteiger partial charge >= 0.3 is 0 Å². The molecule has 2 amide bonds. The van der Waals surface area contributed by atoms with Crippen LogP contribution in [0.25, 0.3) is 10.1 Å². The molecule has 0 atom stereocenters. The Bertz CT molecular complexity index is 1070. The second-order valence-corrected chi connectivity index (χ2v) is 9.20. The lowest BCUT2D eigenvalue weighted by Crippen LogP contribution is -2.40. The van der Waals surface area contributed by atoms with Crippen LogP contribution in [-0.2, 0) is 4.79 Å². The van der Waals surface area contributed by atoms with Crippen molar-refractivity contribution in [1.82, 2.24) is 5.32 Å². The van der Waals surface area contributed by atoms with Crippen molar-refractivity contribution >= 4 is 62.1 Å². The minimum Gasteiger partial charge on any atom is -0.482 e. The molecule has 0 radical (unpaired) electrons. The highest BCUT2D eigenvalue weighted by atomic mass is 35.5. The van der Waals surface area contributed by atoms with Crippen LogP contribution >= 0.6 is 34.5 Å². The molecular weight excluding hydrogens is 431 g/mol. The molecule has 0 unspecified atom stereocenters. The van der Waals surface area contributed by atoms with Gasteiger partial charge in [0.2, 0.25) is 0 Å². The van der Waals surface area contributed by atoms with E-state index in [0.717, 1.165) is 4.70 Å². The summed E-state index contributed by atoms with van der Waals surface area (Å²) in [6.45, 7) is 5.50. The van der Waals surface area contributed by atoms with Crippen LogP contribution in [0, 0.1) is 0 Å². The van der Waals surface area contributed by atoms with Crippen molar-refractivity contribution in [1.29, 1.82) is 0 Å². The molecule has 1 aromatic heterocycles. The maximum absolute atomic E-state index is 12.6. The zero-order valence-electron chi connectivity index (χ0n) is 16.1. The number of hydrogen-bond acceptors (Lipinski definition) is 4. The predicted molar refractivity (Wildman–Crippen MR) is 120 cm³/mol. The largest absolute Gasteiger partial charge is 0.482 e. The lowest BCUT2D eigenvalue weighted by atomic mass is 10.1. The number of amides is 2. The molecule has 0 aliphatic heterocycles. The SMILES string of the molecule is CC(C)(C)NC(=O)c1sc2c(NC(=O)COc3ccccc3Cl)cccc2c1Cl. The smallest absolute Gasteiger partial charge is 0.263 e. The first-order valence-electron chi connectivity index (χ1n) is 8.86. The molecule has 2 aromatic carbocycles. The van der Waals surface area contributed by atoms with Gasteiger partial charge < -0.3 is 15.4 Å². The molecule has 0 fully saturated rings. The Morgan fingerprint density at radius 1 is 1.07 bits per heavy atom. The fourth-order valence-corrected chi connectivity index (χ4v) is 4.28. The zero-order chi connectivity index (χ0) is 21.2. The standard InChI is InChI=1S/C21H20Cl2N2O3S/c1-21(2,3)25-20(27)19-17(23)12-7-6-9-14(18(12)29-19)24-16(26)11-28-15-10-5-4-8-13(15)22/h4-10H,11H2,1-3H3,(H,24,26)(H,25,27). The van der Waals surface area contributed by atoms with Crippen LogP contribution in [0.4, 0.5) is 5.69 Å². The van der Waals surface area contributed by atoms with E-state index in [0.29, 0.717) is 31.7 Å². The number of halogens is 2. The molecule has 0 spiro atoms. The maximum atomic E-state index is 12.6. The summed E-state index contributed by atoms with van der Waals surface area (Å²) in [7, 11) is 0. The van der Waals surface area contributed by atoms with Crippen LogP contribution in [-0.4, -0.2) is 24.0 Å². The average Bonchev–Trinajstić information content (AvgIpc) is 2.98. The van der Waals surface area contributed by atoms with Crippen molar-refractivity contribution in [2.24, 2.45) is 0 Å². The second-order valence-electron chi connectivity index (χ2n) is 7.40. The maximum Gasteiger partial charge on any atom is 0.263 e.